The third-order valence-electron chi connectivity index (χ3n) is 2.73. The van der Waals surface area contributed by atoms with Gasteiger partial charge in [-0.25, -0.2) is 0 Å². The third-order valence-corrected chi connectivity index (χ3v) is 2.92. The number of hydrogen-bond acceptors (Lipinski definition) is 5. The Morgan fingerprint density at radius 3 is 2.55 bits per heavy atom. The van der Waals surface area contributed by atoms with Gasteiger partial charge >= 0.3 is 0 Å². The molecule has 22 heavy (non-hydrogen) atoms. The molecule has 0 bridgehead atoms. The number of hydrogen-bond donors (Lipinski definition) is 2. The molecule has 0 fully saturated rings. The Morgan fingerprint density at radius 1 is 1.14 bits per heavy atom. The molecule has 2 N–H and O–H groups in total. The smallest absolute Gasteiger partial charge is 0.191 e. The number of rotatable bonds is 5. The zero-order valence-corrected chi connectivity index (χ0v) is 13.1. The quantitative estimate of drug-likeness (QED) is 0.502. The van der Waals surface area contributed by atoms with Crippen molar-refractivity contribution in [3.63, 3.8) is 0 Å². The van der Waals surface area contributed by atoms with Gasteiger partial charge in [0.1, 0.15) is 0 Å². The number of nitrogens with one attached hydrogen (secondary N) is 2. The number of nitrogens with zero attached hydrogens (tertiary/aromatic N) is 2. The van der Waals surface area contributed by atoms with E-state index >= 15 is 0 Å². The van der Waals surface area contributed by atoms with Crippen LogP contribution >= 0.6 is 12.2 Å². The summed E-state index contributed by atoms with van der Waals surface area (Å²) < 4.78 is 10.4. The summed E-state index contributed by atoms with van der Waals surface area (Å²) in [5, 5.41) is 7.44. The van der Waals surface area contributed by atoms with Gasteiger partial charge in [0.2, 0.25) is 0 Å². The molecule has 114 valence electrons. The van der Waals surface area contributed by atoms with Gasteiger partial charge in [-0.15, -0.1) is 0 Å². The highest BCUT2D eigenvalue weighted by Gasteiger charge is 2.05. The van der Waals surface area contributed by atoms with E-state index in [1.165, 1.54) is 0 Å². The molecule has 0 aliphatic heterocycles. The molecular weight excluding hydrogens is 300 g/mol. The number of pyridine rings is 1. The Balaban J connectivity index is 1.93. The second kappa shape index (κ2) is 7.94. The fourth-order valence-corrected chi connectivity index (χ4v) is 1.86. The van der Waals surface area contributed by atoms with Crippen LogP contribution in [0.15, 0.2) is 47.8 Å². The number of ether oxygens (including phenoxy) is 2. The molecule has 0 unspecified atom stereocenters. The standard InChI is InChI=1S/C15H16N4O2S/c1-20-13-4-3-12(9-14(13)21-2)18-15(22)19-17-10-11-5-7-16-8-6-11/h3-10H,1-2H3,(H2,18,19,22)/b17-10-. The van der Waals surface area contributed by atoms with Gasteiger partial charge in [0.15, 0.2) is 16.6 Å². The van der Waals surface area contributed by atoms with Crippen molar-refractivity contribution in [1.82, 2.24) is 10.4 Å². The molecule has 1 heterocycles. The second-order valence-corrected chi connectivity index (χ2v) is 4.58. The fraction of sp³-hybridized carbons (Fsp3) is 0.133. The van der Waals surface area contributed by atoms with Crippen LogP contribution in [-0.2, 0) is 0 Å². The molecule has 2 rings (SSSR count). The molecule has 1 aromatic carbocycles. The molecule has 7 heteroatoms. The van der Waals surface area contributed by atoms with Crippen LogP contribution in [-0.4, -0.2) is 30.5 Å². The first-order valence-electron chi connectivity index (χ1n) is 6.45. The zero-order chi connectivity index (χ0) is 15.8. The maximum atomic E-state index is 5.23. The van der Waals surface area contributed by atoms with Crippen LogP contribution < -0.4 is 20.2 Å². The molecule has 0 saturated heterocycles. The summed E-state index contributed by atoms with van der Waals surface area (Å²) in [7, 11) is 3.17. The number of methoxy groups -OCH3 is 2. The average molecular weight is 316 g/mol. The summed E-state index contributed by atoms with van der Waals surface area (Å²) >= 11 is 5.17. The van der Waals surface area contributed by atoms with E-state index in [1.807, 2.05) is 18.2 Å². The van der Waals surface area contributed by atoms with Gasteiger partial charge in [0.25, 0.3) is 0 Å². The predicted molar refractivity (Wildman–Crippen MR) is 90.7 cm³/mol. The molecule has 0 radical (unpaired) electrons. The van der Waals surface area contributed by atoms with Crippen LogP contribution in [0.1, 0.15) is 5.56 Å². The SMILES string of the molecule is COc1ccc(NC(=S)N/N=C\c2ccncc2)cc1OC. The Bertz CT molecular complexity index is 662. The lowest BCUT2D eigenvalue weighted by atomic mass is 10.3. The maximum absolute atomic E-state index is 5.23. The van der Waals surface area contributed by atoms with E-state index in [1.54, 1.807) is 45.0 Å². The molecule has 0 aliphatic carbocycles. The first-order chi connectivity index (χ1) is 10.7. The van der Waals surface area contributed by atoms with Crippen LogP contribution in [0.5, 0.6) is 11.5 Å². The minimum Gasteiger partial charge on any atom is -0.493 e. The van der Waals surface area contributed by atoms with Crippen LogP contribution in [0.3, 0.4) is 0 Å². The van der Waals surface area contributed by atoms with Gasteiger partial charge in [0.05, 0.1) is 20.4 Å². The highest BCUT2D eigenvalue weighted by atomic mass is 32.1. The van der Waals surface area contributed by atoms with Gasteiger partial charge < -0.3 is 14.8 Å². The van der Waals surface area contributed by atoms with Crippen LogP contribution in [0.25, 0.3) is 0 Å². The molecule has 6 nitrogen and oxygen atoms in total. The number of hydrazone groups is 1. The normalized spacial score (nSPS) is 10.3. The summed E-state index contributed by atoms with van der Waals surface area (Å²) in [6.45, 7) is 0. The first-order valence-corrected chi connectivity index (χ1v) is 6.86. The summed E-state index contributed by atoms with van der Waals surface area (Å²) in [5.41, 5.74) is 4.44. The number of thiocarbonyl (C=S) groups is 1. The van der Waals surface area contributed by atoms with E-state index in [2.05, 4.69) is 20.8 Å². The topological polar surface area (TPSA) is 67.8 Å². The van der Waals surface area contributed by atoms with Crippen molar-refractivity contribution in [2.24, 2.45) is 5.10 Å². The summed E-state index contributed by atoms with van der Waals surface area (Å²) in [4.78, 5) is 3.93. The Morgan fingerprint density at radius 2 is 1.86 bits per heavy atom. The van der Waals surface area contributed by atoms with Crippen molar-refractivity contribution in [1.29, 1.82) is 0 Å². The van der Waals surface area contributed by atoms with Gasteiger partial charge in [0, 0.05) is 24.1 Å². The van der Waals surface area contributed by atoms with Crippen LogP contribution in [0, 0.1) is 0 Å². The molecule has 0 atom stereocenters. The molecule has 1 aromatic heterocycles. The molecule has 2 aromatic rings. The Kier molecular flexibility index (Phi) is 5.67. The van der Waals surface area contributed by atoms with Gasteiger partial charge in [-0.2, -0.15) is 5.10 Å². The van der Waals surface area contributed by atoms with Gasteiger partial charge in [-0.1, -0.05) is 0 Å². The zero-order valence-electron chi connectivity index (χ0n) is 12.2. The minimum absolute atomic E-state index is 0.373. The van der Waals surface area contributed by atoms with Crippen molar-refractivity contribution < 1.29 is 9.47 Å². The highest BCUT2D eigenvalue weighted by Crippen LogP contribution is 2.29. The number of aromatic nitrogens is 1. The Hall–Kier alpha value is -2.67. The molecule has 0 spiro atoms. The van der Waals surface area contributed by atoms with Gasteiger partial charge in [-0.3, -0.25) is 10.4 Å². The average Bonchev–Trinajstić information content (AvgIpc) is 2.55. The maximum Gasteiger partial charge on any atom is 0.191 e. The molecule has 0 saturated carbocycles. The van der Waals surface area contributed by atoms with Crippen molar-refractivity contribution in [3.8, 4) is 11.5 Å². The number of anilines is 1. The largest absolute Gasteiger partial charge is 0.493 e. The minimum atomic E-state index is 0.373. The van der Waals surface area contributed by atoms with Crippen molar-refractivity contribution in [3.05, 3.63) is 48.3 Å². The summed E-state index contributed by atoms with van der Waals surface area (Å²) in [5.74, 6) is 1.28. The predicted octanol–water partition coefficient (Wildman–Crippen LogP) is 2.42. The number of benzene rings is 1. The van der Waals surface area contributed by atoms with E-state index in [9.17, 15) is 0 Å². The summed E-state index contributed by atoms with van der Waals surface area (Å²) in [6, 6.07) is 9.11. The first kappa shape index (κ1) is 15.7. The summed E-state index contributed by atoms with van der Waals surface area (Å²) in [6.07, 6.45) is 5.05. The van der Waals surface area contributed by atoms with Gasteiger partial charge in [-0.05, 0) is 42.0 Å². The van der Waals surface area contributed by atoms with Crippen molar-refractivity contribution in [2.45, 2.75) is 0 Å². The molecular formula is C15H16N4O2S. The fourth-order valence-electron chi connectivity index (χ4n) is 1.69. The second-order valence-electron chi connectivity index (χ2n) is 4.17. The van der Waals surface area contributed by atoms with E-state index in [4.69, 9.17) is 21.7 Å². The van der Waals surface area contributed by atoms with E-state index < -0.39 is 0 Å². The van der Waals surface area contributed by atoms with Crippen LogP contribution in [0.2, 0.25) is 0 Å². The van der Waals surface area contributed by atoms with Crippen molar-refractivity contribution >= 4 is 29.2 Å². The third kappa shape index (κ3) is 4.42. The lowest BCUT2D eigenvalue weighted by molar-refractivity contribution is 0.355. The van der Waals surface area contributed by atoms with Crippen molar-refractivity contribution in [2.75, 3.05) is 19.5 Å². The van der Waals surface area contributed by atoms with E-state index in [-0.39, 0.29) is 0 Å². The Labute approximate surface area is 134 Å². The highest BCUT2D eigenvalue weighted by molar-refractivity contribution is 7.80. The van der Waals surface area contributed by atoms with Crippen LogP contribution in [0.4, 0.5) is 5.69 Å². The molecule has 0 aliphatic rings. The molecule has 0 amide bonds. The van der Waals surface area contributed by atoms with E-state index in [0.29, 0.717) is 16.6 Å². The lowest BCUT2D eigenvalue weighted by Gasteiger charge is -2.11. The van der Waals surface area contributed by atoms with E-state index in [0.717, 1.165) is 11.3 Å². The monoisotopic (exact) mass is 316 g/mol. The lowest BCUT2D eigenvalue weighted by Crippen LogP contribution is -2.23.